The minimum atomic E-state index is -0.634. The molecular formula is C21H28Cl2N2O2. The molecule has 1 heterocycles. The van der Waals surface area contributed by atoms with Crippen molar-refractivity contribution >= 4 is 36.5 Å². The van der Waals surface area contributed by atoms with Crippen LogP contribution in [0.1, 0.15) is 25.3 Å². The maximum absolute atomic E-state index is 12.7. The van der Waals surface area contributed by atoms with Gasteiger partial charge in [0.25, 0.3) is 0 Å². The van der Waals surface area contributed by atoms with Crippen molar-refractivity contribution in [3.63, 3.8) is 0 Å². The van der Waals surface area contributed by atoms with Gasteiger partial charge in [0.1, 0.15) is 5.54 Å². The van der Waals surface area contributed by atoms with E-state index < -0.39 is 5.54 Å². The highest BCUT2D eigenvalue weighted by Crippen LogP contribution is 2.29. The third-order valence-electron chi connectivity index (χ3n) is 4.78. The highest BCUT2D eigenvalue weighted by atomic mass is 35.5. The lowest BCUT2D eigenvalue weighted by Crippen LogP contribution is -2.55. The Balaban J connectivity index is 0.00000182. The number of hydrogen-bond acceptors (Lipinski definition) is 4. The van der Waals surface area contributed by atoms with Crippen molar-refractivity contribution in [1.82, 2.24) is 4.90 Å². The molecule has 0 radical (unpaired) electrons. The lowest BCUT2D eigenvalue weighted by atomic mass is 9.86. The molecule has 0 bridgehead atoms. The van der Waals surface area contributed by atoms with Crippen LogP contribution >= 0.6 is 24.8 Å². The normalized spacial score (nSPS) is 15.7. The van der Waals surface area contributed by atoms with Crippen molar-refractivity contribution < 1.29 is 9.53 Å². The van der Waals surface area contributed by atoms with E-state index in [4.69, 9.17) is 4.74 Å². The zero-order chi connectivity index (χ0) is 17.5. The summed E-state index contributed by atoms with van der Waals surface area (Å²) in [5, 5.41) is 3.46. The number of benzene rings is 2. The van der Waals surface area contributed by atoms with Crippen LogP contribution in [0, 0.1) is 0 Å². The Morgan fingerprint density at radius 1 is 1.00 bits per heavy atom. The molecule has 2 aromatic rings. The number of carbonyl (C=O) groups is 1. The summed E-state index contributed by atoms with van der Waals surface area (Å²) in [7, 11) is 0. The number of piperidine rings is 1. The van der Waals surface area contributed by atoms with E-state index in [-0.39, 0.29) is 30.8 Å². The lowest BCUT2D eigenvalue weighted by molar-refractivity contribution is -0.150. The largest absolute Gasteiger partial charge is 0.464 e. The molecule has 1 fully saturated rings. The van der Waals surface area contributed by atoms with E-state index in [0.29, 0.717) is 6.61 Å². The molecule has 0 aliphatic carbocycles. The lowest BCUT2D eigenvalue weighted by Gasteiger charge is -2.41. The fourth-order valence-corrected chi connectivity index (χ4v) is 3.38. The van der Waals surface area contributed by atoms with E-state index in [0.717, 1.165) is 38.2 Å². The Hall–Kier alpha value is -1.75. The standard InChI is InChI=1S/C21H26N2O2.2ClH/c1-2-25-20(24)21(22-19-11-7-4-8-12-19)13-15-23(16-14-21)17-18-9-5-3-6-10-18;;/h3-12,22H,2,13-17H2,1H3;2*1H. The first-order valence-electron chi connectivity index (χ1n) is 8.98. The van der Waals surface area contributed by atoms with Crippen molar-refractivity contribution in [2.45, 2.75) is 31.8 Å². The summed E-state index contributed by atoms with van der Waals surface area (Å²) in [6, 6.07) is 20.4. The zero-order valence-electron chi connectivity index (χ0n) is 15.6. The molecule has 0 atom stereocenters. The Morgan fingerprint density at radius 2 is 1.56 bits per heavy atom. The monoisotopic (exact) mass is 410 g/mol. The average Bonchev–Trinajstić information content (AvgIpc) is 2.65. The summed E-state index contributed by atoms with van der Waals surface area (Å²) in [5.74, 6) is -0.141. The average molecular weight is 411 g/mol. The second-order valence-corrected chi connectivity index (χ2v) is 6.56. The number of carbonyl (C=O) groups excluding carboxylic acids is 1. The molecule has 0 amide bonds. The zero-order valence-corrected chi connectivity index (χ0v) is 17.2. The molecule has 148 valence electrons. The SMILES string of the molecule is CCOC(=O)C1(Nc2ccccc2)CCN(Cc2ccccc2)CC1.Cl.Cl. The maximum atomic E-state index is 12.7. The van der Waals surface area contributed by atoms with Gasteiger partial charge in [-0.05, 0) is 37.5 Å². The number of anilines is 1. The number of nitrogens with one attached hydrogen (secondary N) is 1. The highest BCUT2D eigenvalue weighted by Gasteiger charge is 2.42. The first-order chi connectivity index (χ1) is 12.2. The number of nitrogens with zero attached hydrogens (tertiary/aromatic N) is 1. The molecule has 27 heavy (non-hydrogen) atoms. The van der Waals surface area contributed by atoms with Gasteiger partial charge in [0, 0.05) is 25.3 Å². The van der Waals surface area contributed by atoms with Gasteiger partial charge in [-0.1, -0.05) is 48.5 Å². The molecule has 1 N–H and O–H groups in total. The van der Waals surface area contributed by atoms with Crippen LogP contribution in [0.2, 0.25) is 0 Å². The summed E-state index contributed by atoms with van der Waals surface area (Å²) in [4.78, 5) is 15.1. The highest BCUT2D eigenvalue weighted by molar-refractivity contribution is 5.86. The van der Waals surface area contributed by atoms with Crippen LogP contribution < -0.4 is 5.32 Å². The smallest absolute Gasteiger partial charge is 0.331 e. The molecule has 1 aliphatic rings. The molecule has 3 rings (SSSR count). The number of para-hydroxylation sites is 1. The summed E-state index contributed by atoms with van der Waals surface area (Å²) < 4.78 is 5.39. The molecule has 0 unspecified atom stereocenters. The number of rotatable bonds is 6. The van der Waals surface area contributed by atoms with E-state index in [1.54, 1.807) is 0 Å². The summed E-state index contributed by atoms with van der Waals surface area (Å²) in [6.45, 7) is 4.93. The topological polar surface area (TPSA) is 41.6 Å². The maximum Gasteiger partial charge on any atom is 0.331 e. The van der Waals surface area contributed by atoms with Gasteiger partial charge in [-0.2, -0.15) is 0 Å². The second kappa shape index (κ2) is 11.2. The fraction of sp³-hybridized carbons (Fsp3) is 0.381. The third-order valence-corrected chi connectivity index (χ3v) is 4.78. The van der Waals surface area contributed by atoms with E-state index in [1.165, 1.54) is 5.56 Å². The Morgan fingerprint density at radius 3 is 2.11 bits per heavy atom. The Bertz CT molecular complexity index is 675. The van der Waals surface area contributed by atoms with Gasteiger partial charge < -0.3 is 10.1 Å². The van der Waals surface area contributed by atoms with E-state index >= 15 is 0 Å². The minimum absolute atomic E-state index is 0. The van der Waals surface area contributed by atoms with Gasteiger partial charge in [-0.3, -0.25) is 4.90 Å². The van der Waals surface area contributed by atoms with Crippen molar-refractivity contribution in [3.8, 4) is 0 Å². The number of hydrogen-bond donors (Lipinski definition) is 1. The van der Waals surface area contributed by atoms with Gasteiger partial charge in [-0.15, -0.1) is 24.8 Å². The molecular weight excluding hydrogens is 383 g/mol. The molecule has 0 aromatic heterocycles. The van der Waals surface area contributed by atoms with Crippen LogP contribution in [-0.4, -0.2) is 36.1 Å². The first-order valence-corrected chi connectivity index (χ1v) is 8.98. The van der Waals surface area contributed by atoms with E-state index in [9.17, 15) is 4.79 Å². The first kappa shape index (κ1) is 23.3. The van der Waals surface area contributed by atoms with Crippen LogP contribution in [0.15, 0.2) is 60.7 Å². The van der Waals surface area contributed by atoms with Crippen molar-refractivity contribution in [3.05, 3.63) is 66.2 Å². The number of ether oxygens (including phenoxy) is 1. The van der Waals surface area contributed by atoms with Crippen molar-refractivity contribution in [2.75, 3.05) is 25.0 Å². The second-order valence-electron chi connectivity index (χ2n) is 6.56. The Labute approximate surface area is 174 Å². The predicted octanol–water partition coefficient (Wildman–Crippen LogP) is 4.54. The third kappa shape index (κ3) is 6.13. The van der Waals surface area contributed by atoms with Crippen LogP contribution in [0.4, 0.5) is 5.69 Å². The van der Waals surface area contributed by atoms with E-state index in [1.807, 2.05) is 43.3 Å². The quantitative estimate of drug-likeness (QED) is 0.709. The Kier molecular flexibility index (Phi) is 9.64. The molecule has 2 aromatic carbocycles. The van der Waals surface area contributed by atoms with Crippen LogP contribution in [0.5, 0.6) is 0 Å². The van der Waals surface area contributed by atoms with Crippen LogP contribution in [0.25, 0.3) is 0 Å². The number of esters is 1. The van der Waals surface area contributed by atoms with Gasteiger partial charge in [0.05, 0.1) is 6.61 Å². The molecule has 0 saturated carbocycles. The van der Waals surface area contributed by atoms with Gasteiger partial charge >= 0.3 is 5.97 Å². The van der Waals surface area contributed by atoms with E-state index in [2.05, 4.69) is 34.5 Å². The number of likely N-dealkylation sites (tertiary alicyclic amines) is 1. The van der Waals surface area contributed by atoms with Crippen molar-refractivity contribution in [1.29, 1.82) is 0 Å². The molecule has 1 saturated heterocycles. The molecule has 4 nitrogen and oxygen atoms in total. The van der Waals surface area contributed by atoms with Crippen LogP contribution in [0.3, 0.4) is 0 Å². The summed E-state index contributed by atoms with van der Waals surface area (Å²) in [5.41, 5.74) is 1.64. The minimum Gasteiger partial charge on any atom is -0.464 e. The van der Waals surface area contributed by atoms with Crippen molar-refractivity contribution in [2.24, 2.45) is 0 Å². The van der Waals surface area contributed by atoms with Crippen LogP contribution in [-0.2, 0) is 16.1 Å². The molecule has 0 spiro atoms. The summed E-state index contributed by atoms with van der Waals surface area (Å²) >= 11 is 0. The predicted molar refractivity (Wildman–Crippen MR) is 115 cm³/mol. The molecule has 1 aliphatic heterocycles. The molecule has 6 heteroatoms. The van der Waals surface area contributed by atoms with Gasteiger partial charge in [0.2, 0.25) is 0 Å². The number of halogens is 2. The summed E-state index contributed by atoms with van der Waals surface area (Å²) in [6.07, 6.45) is 1.49. The van der Waals surface area contributed by atoms with Gasteiger partial charge in [-0.25, -0.2) is 4.79 Å². The fourth-order valence-electron chi connectivity index (χ4n) is 3.38. The van der Waals surface area contributed by atoms with Gasteiger partial charge in [0.15, 0.2) is 0 Å².